The summed E-state index contributed by atoms with van der Waals surface area (Å²) in [5.41, 5.74) is 0.855. The molecule has 1 N–H and O–H groups in total. The zero-order valence-electron chi connectivity index (χ0n) is 8.01. The Hall–Kier alpha value is -1.20. The Labute approximate surface area is 95.1 Å². The first-order valence-electron chi connectivity index (χ1n) is 4.44. The van der Waals surface area contributed by atoms with E-state index in [1.165, 1.54) is 0 Å². The first-order valence-corrected chi connectivity index (χ1v) is 5.24. The van der Waals surface area contributed by atoms with Gasteiger partial charge in [0.05, 0.1) is 0 Å². The fourth-order valence-electron chi connectivity index (χ4n) is 1.12. The lowest BCUT2D eigenvalue weighted by atomic mass is 10.2. The van der Waals surface area contributed by atoms with Gasteiger partial charge in [0, 0.05) is 10.0 Å². The minimum atomic E-state index is -0.735. The van der Waals surface area contributed by atoms with Gasteiger partial charge in [0.25, 0.3) is 5.89 Å². The molecule has 1 aromatic heterocycles. The van der Waals surface area contributed by atoms with Crippen molar-refractivity contribution in [3.05, 3.63) is 34.6 Å². The first-order chi connectivity index (χ1) is 7.16. The molecule has 15 heavy (non-hydrogen) atoms. The molecule has 4 nitrogen and oxygen atoms in total. The summed E-state index contributed by atoms with van der Waals surface area (Å²) in [6, 6.07) is 7.54. The average Bonchev–Trinajstić information content (AvgIpc) is 2.68. The molecule has 0 aliphatic rings. The van der Waals surface area contributed by atoms with Gasteiger partial charge in [-0.05, 0) is 31.2 Å². The van der Waals surface area contributed by atoms with Crippen molar-refractivity contribution >= 4 is 15.9 Å². The van der Waals surface area contributed by atoms with Gasteiger partial charge in [0.15, 0.2) is 0 Å². The Morgan fingerprint density at radius 2 is 2.00 bits per heavy atom. The van der Waals surface area contributed by atoms with E-state index in [-0.39, 0.29) is 5.89 Å². The fraction of sp³-hybridized carbons (Fsp3) is 0.200. The van der Waals surface area contributed by atoms with E-state index in [4.69, 9.17) is 4.52 Å². The summed E-state index contributed by atoms with van der Waals surface area (Å²) >= 11 is 3.34. The Bertz CT molecular complexity index is 451. The van der Waals surface area contributed by atoms with Crippen LogP contribution in [0.2, 0.25) is 0 Å². The molecule has 1 atom stereocenters. The second-order valence-electron chi connectivity index (χ2n) is 3.14. The van der Waals surface area contributed by atoms with Crippen LogP contribution in [0.3, 0.4) is 0 Å². The number of aliphatic hydroxyl groups is 1. The van der Waals surface area contributed by atoms with Crippen LogP contribution >= 0.6 is 15.9 Å². The molecule has 0 bridgehead atoms. The van der Waals surface area contributed by atoms with Crippen LogP contribution in [-0.2, 0) is 0 Å². The number of aromatic nitrogens is 2. The van der Waals surface area contributed by atoms with Crippen LogP contribution in [0, 0.1) is 0 Å². The summed E-state index contributed by atoms with van der Waals surface area (Å²) < 4.78 is 5.88. The highest BCUT2D eigenvalue weighted by molar-refractivity contribution is 9.10. The van der Waals surface area contributed by atoms with Gasteiger partial charge in [-0.15, -0.1) is 0 Å². The maximum atomic E-state index is 9.22. The maximum absolute atomic E-state index is 9.22. The molecule has 2 aromatic rings. The van der Waals surface area contributed by atoms with E-state index in [0.717, 1.165) is 10.0 Å². The van der Waals surface area contributed by atoms with Gasteiger partial charge in [0.1, 0.15) is 6.10 Å². The SMILES string of the molecule is C[C@H](O)c1nc(-c2ccc(Br)cc2)no1. The van der Waals surface area contributed by atoms with E-state index in [9.17, 15) is 5.11 Å². The summed E-state index contributed by atoms with van der Waals surface area (Å²) in [5, 5.41) is 13.0. The van der Waals surface area contributed by atoms with Crippen LogP contribution in [0.25, 0.3) is 11.4 Å². The molecule has 0 radical (unpaired) electrons. The summed E-state index contributed by atoms with van der Waals surface area (Å²) in [7, 11) is 0. The lowest BCUT2D eigenvalue weighted by Crippen LogP contribution is -1.90. The zero-order chi connectivity index (χ0) is 10.8. The van der Waals surface area contributed by atoms with E-state index < -0.39 is 6.10 Å². The highest BCUT2D eigenvalue weighted by Crippen LogP contribution is 2.20. The molecule has 0 saturated heterocycles. The molecule has 1 aromatic carbocycles. The Kier molecular flexibility index (Phi) is 2.83. The standard InChI is InChI=1S/C10H9BrN2O2/c1-6(14)10-12-9(13-15-10)7-2-4-8(11)5-3-7/h2-6,14H,1H3/t6-/m0/s1. The zero-order valence-corrected chi connectivity index (χ0v) is 9.60. The second kappa shape index (κ2) is 4.12. The normalized spacial score (nSPS) is 12.7. The third-order valence-corrected chi connectivity index (χ3v) is 2.43. The van der Waals surface area contributed by atoms with Gasteiger partial charge in [-0.25, -0.2) is 0 Å². The summed E-state index contributed by atoms with van der Waals surface area (Å²) in [4.78, 5) is 4.07. The number of halogens is 1. The van der Waals surface area contributed by atoms with Crippen LogP contribution in [0.5, 0.6) is 0 Å². The fourth-order valence-corrected chi connectivity index (χ4v) is 1.39. The molecule has 0 aliphatic heterocycles. The second-order valence-corrected chi connectivity index (χ2v) is 4.05. The molecule has 2 rings (SSSR count). The minimum absolute atomic E-state index is 0.230. The summed E-state index contributed by atoms with van der Waals surface area (Å²) in [6.07, 6.45) is -0.735. The highest BCUT2D eigenvalue weighted by Gasteiger charge is 2.12. The van der Waals surface area contributed by atoms with E-state index in [0.29, 0.717) is 5.82 Å². The quantitative estimate of drug-likeness (QED) is 0.910. The van der Waals surface area contributed by atoms with Gasteiger partial charge >= 0.3 is 0 Å². The third-order valence-electron chi connectivity index (χ3n) is 1.90. The molecular formula is C10H9BrN2O2. The van der Waals surface area contributed by atoms with Crippen molar-refractivity contribution in [2.24, 2.45) is 0 Å². The van der Waals surface area contributed by atoms with Crippen LogP contribution in [0.15, 0.2) is 33.3 Å². The highest BCUT2D eigenvalue weighted by atomic mass is 79.9. The van der Waals surface area contributed by atoms with Crippen LogP contribution in [0.1, 0.15) is 18.9 Å². The molecule has 0 saturated carbocycles. The molecule has 5 heteroatoms. The molecular weight excluding hydrogens is 260 g/mol. The van der Waals surface area contributed by atoms with Crippen molar-refractivity contribution < 1.29 is 9.63 Å². The van der Waals surface area contributed by atoms with Crippen molar-refractivity contribution in [2.45, 2.75) is 13.0 Å². The topological polar surface area (TPSA) is 59.2 Å². The van der Waals surface area contributed by atoms with Gasteiger partial charge in [-0.3, -0.25) is 0 Å². The lowest BCUT2D eigenvalue weighted by Gasteiger charge is -1.94. The van der Waals surface area contributed by atoms with Crippen molar-refractivity contribution in [2.75, 3.05) is 0 Å². The molecule has 1 heterocycles. The van der Waals surface area contributed by atoms with Crippen molar-refractivity contribution in [1.29, 1.82) is 0 Å². The Morgan fingerprint density at radius 1 is 1.33 bits per heavy atom. The number of benzene rings is 1. The molecule has 78 valence electrons. The van der Waals surface area contributed by atoms with Gasteiger partial charge in [-0.1, -0.05) is 21.1 Å². The van der Waals surface area contributed by atoms with Gasteiger partial charge < -0.3 is 9.63 Å². The summed E-state index contributed by atoms with van der Waals surface area (Å²) in [5.74, 6) is 0.714. The third kappa shape index (κ3) is 2.24. The maximum Gasteiger partial charge on any atom is 0.255 e. The van der Waals surface area contributed by atoms with Gasteiger partial charge in [0.2, 0.25) is 5.82 Å². The molecule has 0 unspecified atom stereocenters. The van der Waals surface area contributed by atoms with Crippen LogP contribution in [-0.4, -0.2) is 15.2 Å². The van der Waals surface area contributed by atoms with Crippen LogP contribution in [0.4, 0.5) is 0 Å². The average molecular weight is 269 g/mol. The van der Waals surface area contributed by atoms with E-state index in [2.05, 4.69) is 26.1 Å². The molecule has 0 spiro atoms. The smallest absolute Gasteiger partial charge is 0.255 e. The molecule has 0 amide bonds. The number of rotatable bonds is 2. The summed E-state index contributed by atoms with van der Waals surface area (Å²) in [6.45, 7) is 1.58. The van der Waals surface area contributed by atoms with Crippen molar-refractivity contribution in [3.8, 4) is 11.4 Å². The molecule has 0 fully saturated rings. The Balaban J connectivity index is 2.33. The van der Waals surface area contributed by atoms with E-state index >= 15 is 0 Å². The van der Waals surface area contributed by atoms with E-state index in [1.54, 1.807) is 6.92 Å². The molecule has 0 aliphatic carbocycles. The van der Waals surface area contributed by atoms with Crippen molar-refractivity contribution in [1.82, 2.24) is 10.1 Å². The number of nitrogens with zero attached hydrogens (tertiary/aromatic N) is 2. The number of hydrogen-bond acceptors (Lipinski definition) is 4. The predicted molar refractivity (Wildman–Crippen MR) is 58.1 cm³/mol. The monoisotopic (exact) mass is 268 g/mol. The minimum Gasteiger partial charge on any atom is -0.384 e. The van der Waals surface area contributed by atoms with Crippen LogP contribution < -0.4 is 0 Å². The van der Waals surface area contributed by atoms with E-state index in [1.807, 2.05) is 24.3 Å². The number of hydrogen-bond donors (Lipinski definition) is 1. The first kappa shape index (κ1) is 10.3. The lowest BCUT2D eigenvalue weighted by molar-refractivity contribution is 0.152. The number of aliphatic hydroxyl groups excluding tert-OH is 1. The van der Waals surface area contributed by atoms with Gasteiger partial charge in [-0.2, -0.15) is 4.98 Å². The predicted octanol–water partition coefficient (Wildman–Crippen LogP) is 2.55. The van der Waals surface area contributed by atoms with Crippen molar-refractivity contribution in [3.63, 3.8) is 0 Å². The Morgan fingerprint density at radius 3 is 2.53 bits per heavy atom. The largest absolute Gasteiger partial charge is 0.384 e.